The number of carbonyl (C=O) groups is 1. The molecule has 0 heterocycles. The van der Waals surface area contributed by atoms with Gasteiger partial charge in [-0.3, -0.25) is 4.79 Å². The number of halogens is 1. The zero-order valence-electron chi connectivity index (χ0n) is 9.37. The lowest BCUT2D eigenvalue weighted by molar-refractivity contribution is 0.0950. The van der Waals surface area contributed by atoms with E-state index in [9.17, 15) is 14.3 Å². The number of phenols is 1. The second-order valence-electron chi connectivity index (χ2n) is 3.58. The summed E-state index contributed by atoms with van der Waals surface area (Å²) in [6.07, 6.45) is 7.38. The number of unbranched alkanes of at least 4 members (excludes halogenated alkanes) is 2. The standard InChI is InChI=1S/C13H14FNO2/c1-2-3-4-5-8-15-13(17)11-7-6-10(14)9-12(11)16/h1,6-7,9,16H,3-5,8H2,(H,15,17). The normalized spacial score (nSPS) is 9.65. The molecular weight excluding hydrogens is 221 g/mol. The molecule has 1 aromatic rings. The third-order valence-electron chi connectivity index (χ3n) is 2.24. The molecule has 2 N–H and O–H groups in total. The Hall–Kier alpha value is -2.02. The molecule has 4 heteroatoms. The summed E-state index contributed by atoms with van der Waals surface area (Å²) in [6, 6.07) is 3.29. The van der Waals surface area contributed by atoms with Crippen molar-refractivity contribution >= 4 is 5.91 Å². The zero-order chi connectivity index (χ0) is 12.7. The van der Waals surface area contributed by atoms with Crippen LogP contribution in [0, 0.1) is 18.2 Å². The molecule has 0 fully saturated rings. The Morgan fingerprint density at radius 3 is 2.88 bits per heavy atom. The quantitative estimate of drug-likeness (QED) is 0.606. The average Bonchev–Trinajstić information content (AvgIpc) is 2.28. The van der Waals surface area contributed by atoms with Crippen LogP contribution in [-0.4, -0.2) is 17.6 Å². The van der Waals surface area contributed by atoms with Crippen LogP contribution in [0.5, 0.6) is 5.75 Å². The molecule has 0 radical (unpaired) electrons. The number of hydrogen-bond donors (Lipinski definition) is 2. The van der Waals surface area contributed by atoms with Crippen LogP contribution in [0.25, 0.3) is 0 Å². The number of hydrogen-bond acceptors (Lipinski definition) is 2. The summed E-state index contributed by atoms with van der Waals surface area (Å²) in [5.41, 5.74) is 0.0725. The van der Waals surface area contributed by atoms with Crippen LogP contribution in [0.2, 0.25) is 0 Å². The van der Waals surface area contributed by atoms with E-state index in [0.717, 1.165) is 25.0 Å². The molecule has 0 unspecified atom stereocenters. The molecule has 90 valence electrons. The molecule has 0 aliphatic heterocycles. The zero-order valence-corrected chi connectivity index (χ0v) is 9.37. The number of rotatable bonds is 5. The van der Waals surface area contributed by atoms with E-state index in [-0.39, 0.29) is 11.3 Å². The maximum absolute atomic E-state index is 12.7. The fourth-order valence-electron chi connectivity index (χ4n) is 1.35. The molecule has 1 aromatic carbocycles. The molecule has 3 nitrogen and oxygen atoms in total. The predicted octanol–water partition coefficient (Wildman–Crippen LogP) is 2.06. The summed E-state index contributed by atoms with van der Waals surface area (Å²) >= 11 is 0. The highest BCUT2D eigenvalue weighted by atomic mass is 19.1. The molecule has 0 atom stereocenters. The largest absolute Gasteiger partial charge is 0.507 e. The highest BCUT2D eigenvalue weighted by Gasteiger charge is 2.10. The molecule has 1 rings (SSSR count). The molecule has 0 saturated carbocycles. The minimum Gasteiger partial charge on any atom is -0.507 e. The Morgan fingerprint density at radius 1 is 1.47 bits per heavy atom. The minimum atomic E-state index is -0.576. The lowest BCUT2D eigenvalue weighted by Crippen LogP contribution is -2.24. The molecule has 0 aromatic heterocycles. The van der Waals surface area contributed by atoms with Crippen LogP contribution < -0.4 is 5.32 Å². The molecule has 0 spiro atoms. The molecule has 0 aliphatic carbocycles. The third-order valence-corrected chi connectivity index (χ3v) is 2.24. The Labute approximate surface area is 99.7 Å². The number of aromatic hydroxyl groups is 1. The van der Waals surface area contributed by atoms with E-state index in [1.807, 2.05) is 0 Å². The molecule has 0 saturated heterocycles. The topological polar surface area (TPSA) is 49.3 Å². The first-order chi connectivity index (χ1) is 8.15. The van der Waals surface area contributed by atoms with Gasteiger partial charge in [-0.1, -0.05) is 0 Å². The number of terminal acetylenes is 1. The first-order valence-electron chi connectivity index (χ1n) is 5.35. The maximum atomic E-state index is 12.7. The van der Waals surface area contributed by atoms with E-state index in [0.29, 0.717) is 13.0 Å². The lowest BCUT2D eigenvalue weighted by atomic mass is 10.1. The van der Waals surface area contributed by atoms with Crippen LogP contribution in [0.1, 0.15) is 29.6 Å². The van der Waals surface area contributed by atoms with Crippen LogP contribution in [0.15, 0.2) is 18.2 Å². The van der Waals surface area contributed by atoms with E-state index in [4.69, 9.17) is 6.42 Å². The minimum absolute atomic E-state index is 0.0725. The molecule has 0 bridgehead atoms. The van der Waals surface area contributed by atoms with Crippen molar-refractivity contribution < 1.29 is 14.3 Å². The lowest BCUT2D eigenvalue weighted by Gasteiger charge is -2.06. The summed E-state index contributed by atoms with van der Waals surface area (Å²) in [6.45, 7) is 0.483. The van der Waals surface area contributed by atoms with Crippen molar-refractivity contribution in [1.29, 1.82) is 0 Å². The van der Waals surface area contributed by atoms with Crippen molar-refractivity contribution in [2.45, 2.75) is 19.3 Å². The van der Waals surface area contributed by atoms with Crippen molar-refractivity contribution in [2.24, 2.45) is 0 Å². The maximum Gasteiger partial charge on any atom is 0.255 e. The third kappa shape index (κ3) is 4.15. The van der Waals surface area contributed by atoms with Crippen molar-refractivity contribution in [1.82, 2.24) is 5.32 Å². The van der Waals surface area contributed by atoms with Crippen molar-refractivity contribution in [3.05, 3.63) is 29.6 Å². The van der Waals surface area contributed by atoms with Gasteiger partial charge in [-0.2, -0.15) is 0 Å². The number of nitrogens with one attached hydrogen (secondary N) is 1. The van der Waals surface area contributed by atoms with E-state index in [2.05, 4.69) is 11.2 Å². The van der Waals surface area contributed by atoms with Gasteiger partial charge in [-0.25, -0.2) is 4.39 Å². The Bertz CT molecular complexity index is 438. The number of carbonyl (C=O) groups excluding carboxylic acids is 1. The average molecular weight is 235 g/mol. The van der Waals surface area contributed by atoms with E-state index < -0.39 is 11.7 Å². The second kappa shape index (κ2) is 6.54. The monoisotopic (exact) mass is 235 g/mol. The van der Waals surface area contributed by atoms with E-state index in [1.165, 1.54) is 6.07 Å². The first-order valence-corrected chi connectivity index (χ1v) is 5.35. The Morgan fingerprint density at radius 2 is 2.24 bits per heavy atom. The van der Waals surface area contributed by atoms with Gasteiger partial charge in [0.15, 0.2) is 0 Å². The van der Waals surface area contributed by atoms with Gasteiger partial charge in [0.1, 0.15) is 11.6 Å². The van der Waals surface area contributed by atoms with Gasteiger partial charge >= 0.3 is 0 Å². The van der Waals surface area contributed by atoms with Gasteiger partial charge < -0.3 is 10.4 Å². The summed E-state index contributed by atoms with van der Waals surface area (Å²) in [7, 11) is 0. The highest BCUT2D eigenvalue weighted by molar-refractivity contribution is 5.96. The Kier molecular flexibility index (Phi) is 5.02. The highest BCUT2D eigenvalue weighted by Crippen LogP contribution is 2.17. The predicted molar refractivity (Wildman–Crippen MR) is 63.1 cm³/mol. The van der Waals surface area contributed by atoms with Gasteiger partial charge in [0, 0.05) is 19.0 Å². The van der Waals surface area contributed by atoms with Crippen molar-refractivity contribution in [3.8, 4) is 18.1 Å². The summed E-state index contributed by atoms with van der Waals surface area (Å²) in [4.78, 5) is 11.6. The summed E-state index contributed by atoms with van der Waals surface area (Å²) in [5.74, 6) is 1.16. The van der Waals surface area contributed by atoms with E-state index >= 15 is 0 Å². The summed E-state index contributed by atoms with van der Waals surface area (Å²) < 4.78 is 12.7. The van der Waals surface area contributed by atoms with Crippen LogP contribution in [0.4, 0.5) is 4.39 Å². The van der Waals surface area contributed by atoms with Gasteiger partial charge in [0.25, 0.3) is 5.91 Å². The van der Waals surface area contributed by atoms with Crippen LogP contribution in [-0.2, 0) is 0 Å². The van der Waals surface area contributed by atoms with Gasteiger partial charge in [0.2, 0.25) is 0 Å². The molecule has 0 aliphatic rings. The van der Waals surface area contributed by atoms with Gasteiger partial charge in [0.05, 0.1) is 5.56 Å². The Balaban J connectivity index is 2.45. The van der Waals surface area contributed by atoms with Gasteiger partial charge in [-0.15, -0.1) is 12.3 Å². The smallest absolute Gasteiger partial charge is 0.255 e. The number of phenolic OH excluding ortho intramolecular Hbond substituents is 1. The molecular formula is C13H14FNO2. The van der Waals surface area contributed by atoms with Crippen LogP contribution in [0.3, 0.4) is 0 Å². The summed E-state index contributed by atoms with van der Waals surface area (Å²) in [5, 5.41) is 12.0. The number of benzene rings is 1. The molecule has 17 heavy (non-hydrogen) atoms. The van der Waals surface area contributed by atoms with Crippen LogP contribution >= 0.6 is 0 Å². The van der Waals surface area contributed by atoms with Crippen molar-refractivity contribution in [3.63, 3.8) is 0 Å². The molecule has 1 amide bonds. The fourth-order valence-corrected chi connectivity index (χ4v) is 1.35. The second-order valence-corrected chi connectivity index (χ2v) is 3.58. The van der Waals surface area contributed by atoms with Crippen molar-refractivity contribution in [2.75, 3.05) is 6.54 Å². The fraction of sp³-hybridized carbons (Fsp3) is 0.308. The van der Waals surface area contributed by atoms with Gasteiger partial charge in [-0.05, 0) is 25.0 Å². The first kappa shape index (κ1) is 13.0. The SMILES string of the molecule is C#CCCCCNC(=O)c1ccc(F)cc1O. The number of amides is 1. The van der Waals surface area contributed by atoms with E-state index in [1.54, 1.807) is 0 Å².